The Labute approximate surface area is 227 Å². The number of ether oxygens (including phenoxy) is 2. The summed E-state index contributed by atoms with van der Waals surface area (Å²) in [6, 6.07) is 4.96. The van der Waals surface area contributed by atoms with Gasteiger partial charge in [-0.05, 0) is 103 Å². The first-order valence-corrected chi connectivity index (χ1v) is 14.9. The molecule has 0 spiro atoms. The molecule has 2 atom stereocenters. The fourth-order valence-electron chi connectivity index (χ4n) is 5.86. The highest BCUT2D eigenvalue weighted by molar-refractivity contribution is 5.83. The van der Waals surface area contributed by atoms with Crippen LogP contribution in [0.5, 0.6) is 5.75 Å². The molecule has 0 radical (unpaired) electrons. The maximum Gasteiger partial charge on any atom is 0.330 e. The lowest BCUT2D eigenvalue weighted by atomic mass is 9.62. The fraction of sp³-hybridized carbons (Fsp3) is 0.676. The molecule has 37 heavy (non-hydrogen) atoms. The lowest BCUT2D eigenvalue weighted by Crippen LogP contribution is -2.34. The van der Waals surface area contributed by atoms with Crippen LogP contribution in [-0.2, 0) is 20.4 Å². The van der Waals surface area contributed by atoms with E-state index in [1.165, 1.54) is 62.5 Å². The van der Waals surface area contributed by atoms with Gasteiger partial charge in [0.25, 0.3) is 0 Å². The Hall–Kier alpha value is -2.03. The zero-order valence-corrected chi connectivity index (χ0v) is 24.8. The van der Waals surface area contributed by atoms with Crippen molar-refractivity contribution in [2.75, 3.05) is 13.2 Å². The van der Waals surface area contributed by atoms with Crippen molar-refractivity contribution in [3.05, 3.63) is 52.6 Å². The van der Waals surface area contributed by atoms with E-state index in [9.17, 15) is 4.79 Å². The molecule has 0 amide bonds. The molecule has 1 aromatic rings. The van der Waals surface area contributed by atoms with E-state index in [-0.39, 0.29) is 16.8 Å². The van der Waals surface area contributed by atoms with Crippen molar-refractivity contribution >= 4 is 5.97 Å². The van der Waals surface area contributed by atoms with Gasteiger partial charge in [-0.15, -0.1) is 0 Å². The van der Waals surface area contributed by atoms with Crippen LogP contribution in [0.15, 0.2) is 35.9 Å². The molecule has 0 bridgehead atoms. The molecule has 0 N–H and O–H groups in total. The maximum absolute atomic E-state index is 11.6. The second kappa shape index (κ2) is 13.2. The molecule has 206 valence electrons. The summed E-state index contributed by atoms with van der Waals surface area (Å²) in [7, 11) is 0. The third-order valence-corrected chi connectivity index (χ3v) is 8.53. The fourth-order valence-corrected chi connectivity index (χ4v) is 5.86. The number of hydrogen-bond acceptors (Lipinski definition) is 3. The van der Waals surface area contributed by atoms with Crippen LogP contribution in [0, 0.1) is 5.92 Å². The largest absolute Gasteiger partial charge is 0.493 e. The third-order valence-electron chi connectivity index (χ3n) is 8.53. The summed E-state index contributed by atoms with van der Waals surface area (Å²) in [5.41, 5.74) is 5.85. The first-order valence-electron chi connectivity index (χ1n) is 14.9. The van der Waals surface area contributed by atoms with Crippen LogP contribution in [0.25, 0.3) is 0 Å². The Morgan fingerprint density at radius 1 is 1.00 bits per heavy atom. The topological polar surface area (TPSA) is 35.5 Å². The average Bonchev–Trinajstić information content (AvgIpc) is 3.61. The monoisotopic (exact) mass is 508 g/mol. The van der Waals surface area contributed by atoms with E-state index < -0.39 is 0 Å². The number of carbonyl (C=O) groups excluding carboxylic acids is 1. The van der Waals surface area contributed by atoms with Crippen molar-refractivity contribution in [1.29, 1.82) is 0 Å². The molecule has 3 rings (SSSR count). The molecule has 3 nitrogen and oxygen atoms in total. The molecule has 1 aromatic carbocycles. The number of esters is 1. The van der Waals surface area contributed by atoms with Gasteiger partial charge in [0.2, 0.25) is 0 Å². The quantitative estimate of drug-likeness (QED) is 0.109. The van der Waals surface area contributed by atoms with Gasteiger partial charge in [-0.2, -0.15) is 0 Å². The van der Waals surface area contributed by atoms with Gasteiger partial charge in [0.15, 0.2) is 0 Å². The van der Waals surface area contributed by atoms with Crippen LogP contribution in [0.1, 0.15) is 135 Å². The van der Waals surface area contributed by atoms with Gasteiger partial charge in [-0.3, -0.25) is 0 Å². The van der Waals surface area contributed by atoms with Gasteiger partial charge in [0, 0.05) is 6.08 Å². The summed E-state index contributed by atoms with van der Waals surface area (Å²) in [6.45, 7) is 16.9. The minimum atomic E-state index is -0.261. The highest BCUT2D eigenvalue weighted by Gasteiger charge is 2.43. The van der Waals surface area contributed by atoms with Gasteiger partial charge in [0.1, 0.15) is 5.75 Å². The number of unbranched alkanes of at least 4 members (excludes halogenated alkanes) is 4. The van der Waals surface area contributed by atoms with Crippen molar-refractivity contribution in [2.45, 2.75) is 129 Å². The third kappa shape index (κ3) is 8.23. The van der Waals surface area contributed by atoms with Crippen molar-refractivity contribution < 1.29 is 14.3 Å². The summed E-state index contributed by atoms with van der Waals surface area (Å²) in [4.78, 5) is 11.6. The van der Waals surface area contributed by atoms with E-state index in [4.69, 9.17) is 9.47 Å². The van der Waals surface area contributed by atoms with Gasteiger partial charge >= 0.3 is 5.97 Å². The minimum Gasteiger partial charge on any atom is -0.493 e. The predicted octanol–water partition coefficient (Wildman–Crippen LogP) is 9.33. The molecule has 1 saturated carbocycles. The number of hydrogen-bond donors (Lipinski definition) is 0. The first-order chi connectivity index (χ1) is 17.6. The maximum atomic E-state index is 11.6. The second-order valence-corrected chi connectivity index (χ2v) is 12.7. The Morgan fingerprint density at radius 2 is 1.68 bits per heavy atom. The highest BCUT2D eigenvalue weighted by Crippen LogP contribution is 2.56. The summed E-state index contributed by atoms with van der Waals surface area (Å²) < 4.78 is 11.5. The van der Waals surface area contributed by atoms with Crippen molar-refractivity contribution in [1.82, 2.24) is 0 Å². The Kier molecular flexibility index (Phi) is 10.5. The molecule has 2 aliphatic carbocycles. The van der Waals surface area contributed by atoms with Gasteiger partial charge in [-0.1, -0.05) is 78.5 Å². The van der Waals surface area contributed by atoms with Crippen LogP contribution in [-0.4, -0.2) is 19.2 Å². The van der Waals surface area contributed by atoms with Crippen LogP contribution in [0.2, 0.25) is 0 Å². The van der Waals surface area contributed by atoms with Crippen molar-refractivity contribution in [2.24, 2.45) is 5.92 Å². The lowest BCUT2D eigenvalue weighted by molar-refractivity contribution is -0.137. The molecular formula is C34H52O3. The number of carbonyl (C=O) groups is 1. The summed E-state index contributed by atoms with van der Waals surface area (Å²) >= 11 is 0. The molecule has 0 aliphatic heterocycles. The molecule has 2 aliphatic rings. The summed E-state index contributed by atoms with van der Waals surface area (Å²) in [5.74, 6) is 2.20. The predicted molar refractivity (Wildman–Crippen MR) is 156 cm³/mol. The van der Waals surface area contributed by atoms with Gasteiger partial charge in [-0.25, -0.2) is 4.79 Å². The molecule has 0 aromatic heterocycles. The van der Waals surface area contributed by atoms with E-state index in [1.54, 1.807) is 11.6 Å². The SMILES string of the molecule is CCCCCCCOc1cc2c(cc1C1CC1CCC=CC(C)=CC(=O)OCC)C(C)(C)CCC2(C)C. The van der Waals surface area contributed by atoms with Gasteiger partial charge in [0.05, 0.1) is 13.2 Å². The zero-order valence-electron chi connectivity index (χ0n) is 24.8. The van der Waals surface area contributed by atoms with Crippen LogP contribution in [0.4, 0.5) is 0 Å². The number of rotatable bonds is 14. The normalized spacial score (nSPS) is 22.1. The van der Waals surface area contributed by atoms with Crippen LogP contribution in [0.3, 0.4) is 0 Å². The number of benzene rings is 1. The van der Waals surface area contributed by atoms with E-state index in [0.29, 0.717) is 18.4 Å². The molecule has 0 saturated heterocycles. The van der Waals surface area contributed by atoms with Crippen molar-refractivity contribution in [3.8, 4) is 5.75 Å². The summed E-state index contributed by atoms with van der Waals surface area (Å²) in [6.07, 6.45) is 18.1. The van der Waals surface area contributed by atoms with E-state index >= 15 is 0 Å². The second-order valence-electron chi connectivity index (χ2n) is 12.7. The van der Waals surface area contributed by atoms with Crippen LogP contribution >= 0.6 is 0 Å². The molecular weight excluding hydrogens is 456 g/mol. The Bertz CT molecular complexity index is 966. The average molecular weight is 509 g/mol. The first kappa shape index (κ1) is 29.5. The van der Waals surface area contributed by atoms with E-state index in [2.05, 4.69) is 52.8 Å². The lowest BCUT2D eigenvalue weighted by Gasteiger charge is -2.42. The number of fused-ring (bicyclic) bond motifs is 1. The van der Waals surface area contributed by atoms with E-state index in [1.807, 2.05) is 19.9 Å². The van der Waals surface area contributed by atoms with Gasteiger partial charge < -0.3 is 9.47 Å². The number of allylic oxidation sites excluding steroid dienone is 3. The molecule has 2 unspecified atom stereocenters. The molecule has 3 heteroatoms. The smallest absolute Gasteiger partial charge is 0.330 e. The zero-order chi connectivity index (χ0) is 27.1. The Balaban J connectivity index is 1.70. The van der Waals surface area contributed by atoms with E-state index in [0.717, 1.165) is 30.8 Å². The van der Waals surface area contributed by atoms with Crippen molar-refractivity contribution in [3.63, 3.8) is 0 Å². The molecule has 1 fully saturated rings. The van der Waals surface area contributed by atoms with Crippen LogP contribution < -0.4 is 4.74 Å². The molecule has 0 heterocycles. The Morgan fingerprint density at radius 3 is 2.35 bits per heavy atom. The standard InChI is InChI=1S/C34H52O3/c1-8-10-11-12-15-20-37-31-24-30-29(33(4,5)18-19-34(30,6)7)23-28(31)27-22-26(27)17-14-13-16-25(3)21-32(35)36-9-2/h13,16,21,23-24,26-27H,8-12,14-15,17-20,22H2,1-7H3. The summed E-state index contributed by atoms with van der Waals surface area (Å²) in [5, 5.41) is 0. The highest BCUT2D eigenvalue weighted by atomic mass is 16.5. The minimum absolute atomic E-state index is 0.200.